The van der Waals surface area contributed by atoms with E-state index in [1.807, 2.05) is 6.08 Å². The van der Waals surface area contributed by atoms with Gasteiger partial charge in [0.1, 0.15) is 11.7 Å². The molecule has 7 nitrogen and oxygen atoms in total. The van der Waals surface area contributed by atoms with E-state index in [0.29, 0.717) is 6.61 Å². The Morgan fingerprint density at radius 3 is 1.71 bits per heavy atom. The SMILES string of the molecule is CCCC[C@@H](/C=C/C(=O)O[C@@H]1[C@@H](C)[C@H](O[Si](CC)(CC)CC)[C@@](C)([C@@H](O[Si](CC)(CC)CC)[C@@H](C)CO[Si](CC)(CC)CC)O[C@H]1C)O[Si](C)(C)C(C)(C)C. The van der Waals surface area contributed by atoms with Crippen LogP contribution in [0.4, 0.5) is 0 Å². The van der Waals surface area contributed by atoms with Gasteiger partial charge in [-0.15, -0.1) is 0 Å². The van der Waals surface area contributed by atoms with Gasteiger partial charge in [0.2, 0.25) is 0 Å². The highest BCUT2D eigenvalue weighted by Crippen LogP contribution is 2.46. The molecule has 1 rings (SSSR count). The summed E-state index contributed by atoms with van der Waals surface area (Å²) in [5, 5.41) is 0.0809. The molecule has 0 aromatic rings. The molecule has 0 spiro atoms. The average molecular weight is 846 g/mol. The van der Waals surface area contributed by atoms with Crippen molar-refractivity contribution in [2.75, 3.05) is 6.61 Å². The topological polar surface area (TPSA) is 72.5 Å². The second-order valence-corrected chi connectivity index (χ2v) is 37.8. The van der Waals surface area contributed by atoms with Gasteiger partial charge in [0.05, 0.1) is 24.4 Å². The lowest BCUT2D eigenvalue weighted by molar-refractivity contribution is -0.271. The maximum atomic E-state index is 13.8. The standard InChI is InChI=1S/C44H92O7Si4/c1-20-30-31-38(49-52(18,19)43(14,15)16)32-33-39(45)47-40-36(12)42(51-55(27-8,28-9)29-10)44(17,48-37(40)13)41(50-54(24-5,25-6)26-7)35(11)34-46-53(21-2,22-3)23-4/h32-33,35-38,40-42H,20-31,34H2,1-19H3/b33-32+/t35-,36+,37-,38-,40+,41-,42-,44+/m0/s1. The van der Waals surface area contributed by atoms with Crippen LogP contribution in [0.3, 0.4) is 0 Å². The number of carbonyl (C=O) groups is 1. The molecule has 0 unspecified atom stereocenters. The lowest BCUT2D eigenvalue weighted by Gasteiger charge is -2.57. The molecule has 1 heterocycles. The Hall–Kier alpha value is -0.122. The Balaban J connectivity index is 3.77. The zero-order chi connectivity index (χ0) is 42.5. The summed E-state index contributed by atoms with van der Waals surface area (Å²) in [6.07, 6.45) is 5.08. The minimum atomic E-state index is -2.15. The number of rotatable bonds is 26. The Bertz CT molecular complexity index is 1110. The van der Waals surface area contributed by atoms with E-state index >= 15 is 0 Å². The van der Waals surface area contributed by atoms with Gasteiger partial charge in [-0.1, -0.05) is 117 Å². The Morgan fingerprint density at radius 1 is 0.782 bits per heavy atom. The number of esters is 1. The van der Waals surface area contributed by atoms with Crippen molar-refractivity contribution < 1.29 is 32.0 Å². The molecule has 1 saturated heterocycles. The van der Waals surface area contributed by atoms with Gasteiger partial charge in [-0.3, -0.25) is 0 Å². The van der Waals surface area contributed by atoms with Crippen LogP contribution in [-0.2, 0) is 32.0 Å². The van der Waals surface area contributed by atoms with E-state index in [-0.39, 0.29) is 47.3 Å². The summed E-state index contributed by atoms with van der Waals surface area (Å²) >= 11 is 0. The first kappa shape index (κ1) is 52.9. The molecule has 1 aliphatic rings. The van der Waals surface area contributed by atoms with E-state index in [2.05, 4.69) is 131 Å². The maximum absolute atomic E-state index is 13.8. The van der Waals surface area contributed by atoms with E-state index in [0.717, 1.165) is 73.7 Å². The van der Waals surface area contributed by atoms with Gasteiger partial charge >= 0.3 is 5.97 Å². The first-order chi connectivity index (χ1) is 25.6. The molecule has 55 heavy (non-hydrogen) atoms. The fourth-order valence-corrected chi connectivity index (χ4v) is 18.6. The molecule has 0 saturated carbocycles. The summed E-state index contributed by atoms with van der Waals surface area (Å²) in [5.41, 5.74) is -0.771. The minimum Gasteiger partial charge on any atom is -0.456 e. The summed E-state index contributed by atoms with van der Waals surface area (Å²) in [5.74, 6) is -0.367. The predicted octanol–water partition coefficient (Wildman–Crippen LogP) is 13.3. The lowest BCUT2D eigenvalue weighted by atomic mass is 9.75. The van der Waals surface area contributed by atoms with Crippen molar-refractivity contribution in [1.29, 1.82) is 0 Å². The Kier molecular flexibility index (Phi) is 22.1. The van der Waals surface area contributed by atoms with E-state index < -0.39 is 45.0 Å². The smallest absolute Gasteiger partial charge is 0.330 e. The number of carbonyl (C=O) groups excluding carboxylic acids is 1. The van der Waals surface area contributed by atoms with Crippen molar-refractivity contribution in [3.8, 4) is 0 Å². The predicted molar refractivity (Wildman–Crippen MR) is 245 cm³/mol. The van der Waals surface area contributed by atoms with Crippen molar-refractivity contribution >= 4 is 39.2 Å². The molecule has 326 valence electrons. The van der Waals surface area contributed by atoms with Crippen LogP contribution in [-0.4, -0.2) is 82.0 Å². The second-order valence-electron chi connectivity index (χ2n) is 18.8. The van der Waals surface area contributed by atoms with Gasteiger partial charge in [0, 0.05) is 24.5 Å². The Morgan fingerprint density at radius 2 is 1.27 bits per heavy atom. The number of unbranched alkanes of at least 4 members (excludes halogenated alkanes) is 1. The summed E-state index contributed by atoms with van der Waals surface area (Å²) in [4.78, 5) is 13.8. The largest absolute Gasteiger partial charge is 0.456 e. The van der Waals surface area contributed by atoms with Crippen molar-refractivity contribution in [2.45, 2.75) is 246 Å². The lowest BCUT2D eigenvalue weighted by Crippen LogP contribution is -2.70. The summed E-state index contributed by atoms with van der Waals surface area (Å²) in [7, 11) is -8.14. The molecule has 0 bridgehead atoms. The van der Waals surface area contributed by atoms with Crippen LogP contribution in [0.2, 0.25) is 72.5 Å². The van der Waals surface area contributed by atoms with Crippen molar-refractivity contribution in [2.24, 2.45) is 11.8 Å². The van der Waals surface area contributed by atoms with E-state index in [4.69, 9.17) is 27.2 Å². The molecule has 1 aliphatic heterocycles. The molecule has 1 fully saturated rings. The van der Waals surface area contributed by atoms with Gasteiger partial charge in [0.25, 0.3) is 0 Å². The minimum absolute atomic E-state index is 0.0809. The number of ether oxygens (including phenoxy) is 2. The van der Waals surface area contributed by atoms with Crippen LogP contribution in [0.1, 0.15) is 137 Å². The van der Waals surface area contributed by atoms with Gasteiger partial charge in [-0.2, -0.15) is 0 Å². The Labute approximate surface area is 346 Å². The molecule has 11 heteroatoms. The van der Waals surface area contributed by atoms with Crippen molar-refractivity contribution in [1.82, 2.24) is 0 Å². The normalized spacial score (nSPS) is 24.9. The van der Waals surface area contributed by atoms with Crippen LogP contribution in [0.15, 0.2) is 12.2 Å². The van der Waals surface area contributed by atoms with Crippen LogP contribution < -0.4 is 0 Å². The molecule has 8 atom stereocenters. The fraction of sp³-hybridized carbons (Fsp3) is 0.932. The molecule has 0 aliphatic carbocycles. The molecule has 0 N–H and O–H groups in total. The third-order valence-electron chi connectivity index (χ3n) is 14.5. The van der Waals surface area contributed by atoms with Gasteiger partial charge in [0.15, 0.2) is 33.3 Å². The molecule has 0 aromatic carbocycles. The summed E-state index contributed by atoms with van der Waals surface area (Å²) in [6, 6.07) is 9.57. The molecule has 0 amide bonds. The zero-order valence-electron chi connectivity index (χ0n) is 39.7. The molecule has 0 aromatic heterocycles. The van der Waals surface area contributed by atoms with Crippen LogP contribution >= 0.6 is 0 Å². The summed E-state index contributed by atoms with van der Waals surface area (Å²) < 4.78 is 42.8. The third-order valence-corrected chi connectivity index (χ3v) is 32.9. The third kappa shape index (κ3) is 13.7. The van der Waals surface area contributed by atoms with Crippen LogP contribution in [0.25, 0.3) is 0 Å². The van der Waals surface area contributed by atoms with Crippen LogP contribution in [0, 0.1) is 11.8 Å². The molecular weight excluding hydrogens is 753 g/mol. The monoisotopic (exact) mass is 845 g/mol. The van der Waals surface area contributed by atoms with Crippen LogP contribution in [0.5, 0.6) is 0 Å². The molecular formula is C44H92O7Si4. The second kappa shape index (κ2) is 23.0. The highest BCUT2D eigenvalue weighted by atomic mass is 28.4. The zero-order valence-corrected chi connectivity index (χ0v) is 43.7. The quantitative estimate of drug-likeness (QED) is 0.0488. The van der Waals surface area contributed by atoms with E-state index in [1.54, 1.807) is 6.08 Å². The average Bonchev–Trinajstić information content (AvgIpc) is 3.15. The van der Waals surface area contributed by atoms with Gasteiger partial charge in [-0.05, 0) is 98.9 Å². The first-order valence-corrected chi connectivity index (χ1v) is 33.3. The highest BCUT2D eigenvalue weighted by Gasteiger charge is 2.59. The number of hydrogen-bond donors (Lipinski definition) is 0. The van der Waals surface area contributed by atoms with Crippen molar-refractivity contribution in [3.05, 3.63) is 12.2 Å². The van der Waals surface area contributed by atoms with Gasteiger partial charge in [-0.25, -0.2) is 4.79 Å². The van der Waals surface area contributed by atoms with Crippen molar-refractivity contribution in [3.63, 3.8) is 0 Å². The number of hydrogen-bond acceptors (Lipinski definition) is 7. The maximum Gasteiger partial charge on any atom is 0.330 e. The first-order valence-electron chi connectivity index (χ1n) is 22.8. The molecule has 0 radical (unpaired) electrons. The highest BCUT2D eigenvalue weighted by molar-refractivity contribution is 6.75. The van der Waals surface area contributed by atoms with E-state index in [9.17, 15) is 4.79 Å². The fourth-order valence-electron chi connectivity index (χ4n) is 8.62. The summed E-state index contributed by atoms with van der Waals surface area (Å²) in [6.45, 7) is 43.7. The van der Waals surface area contributed by atoms with E-state index in [1.165, 1.54) is 0 Å². The van der Waals surface area contributed by atoms with Gasteiger partial charge < -0.3 is 27.2 Å².